The van der Waals surface area contributed by atoms with Gasteiger partial charge in [-0.3, -0.25) is 4.90 Å². The molecule has 118 valence electrons. The van der Waals surface area contributed by atoms with Crippen LogP contribution >= 0.6 is 0 Å². The third kappa shape index (κ3) is 4.22. The largest absolute Gasteiger partial charge is 0.378 e. The van der Waals surface area contributed by atoms with Gasteiger partial charge in [0, 0.05) is 37.8 Å². The van der Waals surface area contributed by atoms with Gasteiger partial charge in [0.25, 0.3) is 6.43 Å². The van der Waals surface area contributed by atoms with Gasteiger partial charge in [0.05, 0.1) is 6.10 Å². The fourth-order valence-corrected chi connectivity index (χ4v) is 2.99. The van der Waals surface area contributed by atoms with Crippen molar-refractivity contribution in [1.29, 1.82) is 0 Å². The van der Waals surface area contributed by atoms with Crippen LogP contribution in [0.4, 0.5) is 8.78 Å². The molecule has 21 heavy (non-hydrogen) atoms. The molecular formula is C16H24F2N2O. The molecule has 0 amide bonds. The van der Waals surface area contributed by atoms with E-state index in [2.05, 4.69) is 4.90 Å². The first kappa shape index (κ1) is 16.3. The molecule has 3 nitrogen and oxygen atoms in total. The van der Waals surface area contributed by atoms with Crippen LogP contribution in [0.25, 0.3) is 0 Å². The number of nitrogens with two attached hydrogens (primary N) is 1. The predicted octanol–water partition coefficient (Wildman–Crippen LogP) is 3.12. The molecule has 0 aromatic heterocycles. The number of hydrogen-bond acceptors (Lipinski definition) is 3. The molecule has 2 N–H and O–H groups in total. The van der Waals surface area contributed by atoms with E-state index in [0.29, 0.717) is 12.6 Å². The maximum absolute atomic E-state index is 12.8. The zero-order chi connectivity index (χ0) is 15.2. The molecule has 1 atom stereocenters. The van der Waals surface area contributed by atoms with Gasteiger partial charge < -0.3 is 10.5 Å². The summed E-state index contributed by atoms with van der Waals surface area (Å²) < 4.78 is 31.3. The Morgan fingerprint density at radius 2 is 1.95 bits per heavy atom. The Morgan fingerprint density at radius 1 is 1.29 bits per heavy atom. The van der Waals surface area contributed by atoms with Crippen molar-refractivity contribution in [3.63, 3.8) is 0 Å². The Bertz CT molecular complexity index is 434. The Kier molecular flexibility index (Phi) is 6.08. The SMILES string of the molecule is CCOC1CCN(C(CN)c2cccc(C(F)F)c2)CC1. The van der Waals surface area contributed by atoms with Crippen LogP contribution in [0, 0.1) is 0 Å². The van der Waals surface area contributed by atoms with Crippen molar-refractivity contribution in [2.45, 2.75) is 38.3 Å². The summed E-state index contributed by atoms with van der Waals surface area (Å²) in [5.74, 6) is 0. The van der Waals surface area contributed by atoms with E-state index < -0.39 is 6.43 Å². The molecule has 1 aromatic rings. The van der Waals surface area contributed by atoms with E-state index in [0.717, 1.165) is 38.1 Å². The quantitative estimate of drug-likeness (QED) is 0.877. The van der Waals surface area contributed by atoms with E-state index in [9.17, 15) is 8.78 Å². The molecule has 0 radical (unpaired) electrons. The Hall–Kier alpha value is -1.04. The van der Waals surface area contributed by atoms with Gasteiger partial charge in [0.15, 0.2) is 0 Å². The standard InChI is InChI=1S/C16H24F2N2O/c1-2-21-14-6-8-20(9-7-14)15(11-19)12-4-3-5-13(10-12)16(17)18/h3-5,10,14-16H,2,6-9,11,19H2,1H3. The molecule has 0 aliphatic carbocycles. The highest BCUT2D eigenvalue weighted by Gasteiger charge is 2.26. The number of ether oxygens (including phenoxy) is 1. The van der Waals surface area contributed by atoms with Crippen LogP contribution in [-0.2, 0) is 4.74 Å². The summed E-state index contributed by atoms with van der Waals surface area (Å²) in [7, 11) is 0. The third-order valence-corrected chi connectivity index (χ3v) is 4.09. The minimum atomic E-state index is -2.44. The fourth-order valence-electron chi connectivity index (χ4n) is 2.99. The summed E-state index contributed by atoms with van der Waals surface area (Å²) in [5, 5.41) is 0. The number of piperidine rings is 1. The van der Waals surface area contributed by atoms with Crippen LogP contribution in [0.5, 0.6) is 0 Å². The second-order valence-electron chi connectivity index (χ2n) is 5.41. The van der Waals surface area contributed by atoms with Crippen LogP contribution in [0.15, 0.2) is 24.3 Å². The maximum atomic E-state index is 12.8. The average molecular weight is 298 g/mol. The highest BCUT2D eigenvalue weighted by Crippen LogP contribution is 2.28. The van der Waals surface area contributed by atoms with Crippen LogP contribution < -0.4 is 5.73 Å². The molecule has 5 heteroatoms. The lowest BCUT2D eigenvalue weighted by molar-refractivity contribution is 0.00449. The van der Waals surface area contributed by atoms with Gasteiger partial charge >= 0.3 is 0 Å². The summed E-state index contributed by atoms with van der Waals surface area (Å²) in [5.41, 5.74) is 6.84. The van der Waals surface area contributed by atoms with E-state index in [4.69, 9.17) is 10.5 Å². The molecule has 1 aliphatic rings. The Morgan fingerprint density at radius 3 is 2.52 bits per heavy atom. The maximum Gasteiger partial charge on any atom is 0.263 e. The number of likely N-dealkylation sites (tertiary alicyclic amines) is 1. The molecule has 0 spiro atoms. The van der Waals surface area contributed by atoms with Gasteiger partial charge in [0.2, 0.25) is 0 Å². The molecule has 1 heterocycles. The predicted molar refractivity (Wildman–Crippen MR) is 79.4 cm³/mol. The minimum absolute atomic E-state index is 0.00581. The smallest absolute Gasteiger partial charge is 0.263 e. The van der Waals surface area contributed by atoms with Crippen molar-refractivity contribution < 1.29 is 13.5 Å². The molecule has 0 bridgehead atoms. The van der Waals surface area contributed by atoms with Crippen LogP contribution in [0.2, 0.25) is 0 Å². The number of benzene rings is 1. The van der Waals surface area contributed by atoms with E-state index >= 15 is 0 Å². The molecule has 1 unspecified atom stereocenters. The first-order chi connectivity index (χ1) is 10.2. The fraction of sp³-hybridized carbons (Fsp3) is 0.625. The van der Waals surface area contributed by atoms with Gasteiger partial charge in [0.1, 0.15) is 0 Å². The van der Waals surface area contributed by atoms with Crippen molar-refractivity contribution in [3.8, 4) is 0 Å². The second-order valence-corrected chi connectivity index (χ2v) is 5.41. The Balaban J connectivity index is 2.05. The molecular weight excluding hydrogens is 274 g/mol. The number of hydrogen-bond donors (Lipinski definition) is 1. The number of alkyl halides is 2. The van der Waals surface area contributed by atoms with Gasteiger partial charge in [-0.15, -0.1) is 0 Å². The highest BCUT2D eigenvalue weighted by molar-refractivity contribution is 5.27. The van der Waals surface area contributed by atoms with E-state index in [-0.39, 0.29) is 11.6 Å². The van der Waals surface area contributed by atoms with Gasteiger partial charge in [-0.2, -0.15) is 0 Å². The molecule has 0 saturated carbocycles. The zero-order valence-electron chi connectivity index (χ0n) is 12.5. The topological polar surface area (TPSA) is 38.5 Å². The molecule has 2 rings (SSSR count). The average Bonchev–Trinajstić information content (AvgIpc) is 2.50. The summed E-state index contributed by atoms with van der Waals surface area (Å²) >= 11 is 0. The van der Waals surface area contributed by atoms with Crippen LogP contribution in [0.3, 0.4) is 0 Å². The monoisotopic (exact) mass is 298 g/mol. The normalized spacial score (nSPS) is 19.1. The van der Waals surface area contributed by atoms with Crippen molar-refractivity contribution in [3.05, 3.63) is 35.4 Å². The zero-order valence-corrected chi connectivity index (χ0v) is 12.5. The number of nitrogens with zero attached hydrogens (tertiary/aromatic N) is 1. The van der Waals surface area contributed by atoms with Crippen molar-refractivity contribution >= 4 is 0 Å². The summed E-state index contributed by atoms with van der Waals surface area (Å²) in [6.07, 6.45) is -0.179. The lowest BCUT2D eigenvalue weighted by atomic mass is 9.99. The number of rotatable bonds is 6. The molecule has 1 saturated heterocycles. The highest BCUT2D eigenvalue weighted by atomic mass is 19.3. The summed E-state index contributed by atoms with van der Waals surface area (Å²) in [6, 6.07) is 6.62. The van der Waals surface area contributed by atoms with Crippen LogP contribution in [0.1, 0.15) is 43.4 Å². The lowest BCUT2D eigenvalue weighted by Crippen LogP contribution is -2.41. The summed E-state index contributed by atoms with van der Waals surface area (Å²) in [6.45, 7) is 4.97. The van der Waals surface area contributed by atoms with Crippen molar-refractivity contribution in [2.75, 3.05) is 26.2 Å². The second kappa shape index (κ2) is 7.82. The van der Waals surface area contributed by atoms with E-state index in [1.54, 1.807) is 12.1 Å². The van der Waals surface area contributed by atoms with Crippen molar-refractivity contribution in [2.24, 2.45) is 5.73 Å². The Labute approximate surface area is 125 Å². The summed E-state index contributed by atoms with van der Waals surface area (Å²) in [4.78, 5) is 2.28. The lowest BCUT2D eigenvalue weighted by Gasteiger charge is -2.37. The van der Waals surface area contributed by atoms with Gasteiger partial charge in [-0.1, -0.05) is 18.2 Å². The number of halogens is 2. The van der Waals surface area contributed by atoms with Crippen LogP contribution in [-0.4, -0.2) is 37.2 Å². The molecule has 1 aromatic carbocycles. The molecule has 1 aliphatic heterocycles. The third-order valence-electron chi connectivity index (χ3n) is 4.09. The van der Waals surface area contributed by atoms with Gasteiger partial charge in [-0.05, 0) is 31.4 Å². The van der Waals surface area contributed by atoms with Gasteiger partial charge in [-0.25, -0.2) is 8.78 Å². The van der Waals surface area contributed by atoms with E-state index in [1.165, 1.54) is 6.07 Å². The minimum Gasteiger partial charge on any atom is -0.378 e. The molecule has 1 fully saturated rings. The first-order valence-corrected chi connectivity index (χ1v) is 7.59. The van der Waals surface area contributed by atoms with E-state index in [1.807, 2.05) is 13.0 Å². The first-order valence-electron chi connectivity index (χ1n) is 7.59. The van der Waals surface area contributed by atoms with Crippen molar-refractivity contribution in [1.82, 2.24) is 4.90 Å².